The van der Waals surface area contributed by atoms with Gasteiger partial charge in [0.2, 0.25) is 0 Å². The number of nitrogens with zero attached hydrogens (tertiary/aromatic N) is 3. The number of benzene rings is 1. The monoisotopic (exact) mass is 334 g/mol. The maximum absolute atomic E-state index is 5.82. The Kier molecular flexibility index (Phi) is 4.11. The van der Waals surface area contributed by atoms with Crippen molar-refractivity contribution in [3.8, 4) is 11.4 Å². The van der Waals surface area contributed by atoms with Crippen LogP contribution in [0.15, 0.2) is 49.1 Å². The van der Waals surface area contributed by atoms with Gasteiger partial charge in [0.15, 0.2) is 0 Å². The van der Waals surface area contributed by atoms with Crippen LogP contribution in [0, 0.1) is 0 Å². The second-order valence-corrected chi connectivity index (χ2v) is 6.54. The zero-order chi connectivity index (χ0) is 17.2. The van der Waals surface area contributed by atoms with Crippen molar-refractivity contribution in [1.82, 2.24) is 14.5 Å². The highest BCUT2D eigenvalue weighted by Gasteiger charge is 2.20. The molecule has 6 nitrogen and oxygen atoms in total. The molecule has 0 spiro atoms. The van der Waals surface area contributed by atoms with E-state index in [1.165, 1.54) is 30.4 Å². The summed E-state index contributed by atoms with van der Waals surface area (Å²) in [5.41, 5.74) is 14.1. The summed E-state index contributed by atoms with van der Waals surface area (Å²) in [7, 11) is 0. The first kappa shape index (κ1) is 15.7. The molecule has 1 aliphatic carbocycles. The molecule has 1 aromatic carbocycles. The van der Waals surface area contributed by atoms with Crippen LogP contribution in [0.2, 0.25) is 0 Å². The molecule has 1 atom stereocenters. The van der Waals surface area contributed by atoms with Crippen molar-refractivity contribution < 1.29 is 0 Å². The lowest BCUT2D eigenvalue weighted by Crippen LogP contribution is -2.14. The van der Waals surface area contributed by atoms with Crippen LogP contribution in [0.25, 0.3) is 11.4 Å². The first-order valence-corrected chi connectivity index (χ1v) is 8.56. The van der Waals surface area contributed by atoms with Crippen LogP contribution in [0.3, 0.4) is 0 Å². The van der Waals surface area contributed by atoms with Gasteiger partial charge in [0, 0.05) is 18.7 Å². The summed E-state index contributed by atoms with van der Waals surface area (Å²) in [6.45, 7) is 0.932. The predicted molar refractivity (Wildman–Crippen MR) is 99.8 cm³/mol. The molecule has 1 unspecified atom stereocenters. The first-order valence-electron chi connectivity index (χ1n) is 8.56. The van der Waals surface area contributed by atoms with Gasteiger partial charge in [0.1, 0.15) is 5.69 Å². The third-order valence-electron chi connectivity index (χ3n) is 4.91. The lowest BCUT2D eigenvalue weighted by molar-refractivity contribution is 0.483. The fourth-order valence-corrected chi connectivity index (χ4v) is 3.62. The van der Waals surface area contributed by atoms with E-state index < -0.39 is 0 Å². The molecular weight excluding hydrogens is 312 g/mol. The van der Waals surface area contributed by atoms with E-state index in [1.807, 2.05) is 18.6 Å². The highest BCUT2D eigenvalue weighted by molar-refractivity contribution is 5.70. The highest BCUT2D eigenvalue weighted by Crippen LogP contribution is 2.33. The van der Waals surface area contributed by atoms with E-state index in [-0.39, 0.29) is 0 Å². The average molecular weight is 334 g/mol. The summed E-state index contributed by atoms with van der Waals surface area (Å²) in [5.74, 6) is 6.02. The zero-order valence-electron chi connectivity index (χ0n) is 14.0. The van der Waals surface area contributed by atoms with Gasteiger partial charge in [-0.05, 0) is 36.5 Å². The smallest absolute Gasteiger partial charge is 0.107 e. The molecule has 2 aromatic heterocycles. The maximum atomic E-state index is 5.82. The van der Waals surface area contributed by atoms with Crippen LogP contribution in [0.4, 0.5) is 11.4 Å². The van der Waals surface area contributed by atoms with E-state index in [0.29, 0.717) is 17.3 Å². The molecule has 2 heterocycles. The van der Waals surface area contributed by atoms with Crippen molar-refractivity contribution in [2.45, 2.75) is 31.7 Å². The van der Waals surface area contributed by atoms with Crippen molar-refractivity contribution in [1.29, 1.82) is 0 Å². The fraction of sp³-hybridized carbons (Fsp3) is 0.263. The minimum atomic E-state index is 0.518. The third kappa shape index (κ3) is 3.08. The number of nitrogen functional groups attached to an aromatic ring is 2. The number of anilines is 2. The number of imidazole rings is 1. The minimum Gasteiger partial charge on any atom is -0.396 e. The Hall–Kier alpha value is -2.86. The summed E-state index contributed by atoms with van der Waals surface area (Å²) in [6, 6.07) is 10.6. The number of pyridine rings is 1. The Morgan fingerprint density at radius 1 is 1.20 bits per heavy atom. The Bertz CT molecular complexity index is 885. The maximum Gasteiger partial charge on any atom is 0.107 e. The van der Waals surface area contributed by atoms with E-state index in [2.05, 4.69) is 44.2 Å². The standard InChI is InChI=1S/C19H22N6/c20-16-9-22-18(8-17(16)24-21)19-11-25(12-23-19)10-14-6-3-5-13-4-1-2-7-15(13)14/h1-2,4,7-9,11-12,14H,3,5-6,10,20-21H2,(H,22,24). The number of nitrogens with one attached hydrogen (secondary N) is 1. The van der Waals surface area contributed by atoms with Crippen LogP contribution in [-0.2, 0) is 13.0 Å². The lowest BCUT2D eigenvalue weighted by atomic mass is 9.83. The number of aromatic nitrogens is 3. The van der Waals surface area contributed by atoms with E-state index >= 15 is 0 Å². The second-order valence-electron chi connectivity index (χ2n) is 6.54. The van der Waals surface area contributed by atoms with Gasteiger partial charge >= 0.3 is 0 Å². The number of fused-ring (bicyclic) bond motifs is 1. The molecule has 5 N–H and O–H groups in total. The topological polar surface area (TPSA) is 94.8 Å². The van der Waals surface area contributed by atoms with Crippen LogP contribution in [0.1, 0.15) is 29.9 Å². The number of nitrogens with two attached hydrogens (primary N) is 2. The Labute approximate surface area is 146 Å². The molecule has 0 saturated heterocycles. The number of hydrazine groups is 1. The molecule has 0 saturated carbocycles. The van der Waals surface area contributed by atoms with Gasteiger partial charge < -0.3 is 15.7 Å². The van der Waals surface area contributed by atoms with E-state index in [1.54, 1.807) is 6.20 Å². The molecule has 25 heavy (non-hydrogen) atoms. The van der Waals surface area contributed by atoms with Crippen LogP contribution in [0.5, 0.6) is 0 Å². The molecule has 4 rings (SSSR count). The summed E-state index contributed by atoms with van der Waals surface area (Å²) in [6.07, 6.45) is 9.16. The van der Waals surface area contributed by atoms with E-state index in [4.69, 9.17) is 11.6 Å². The van der Waals surface area contributed by atoms with Gasteiger partial charge in [-0.15, -0.1) is 0 Å². The van der Waals surface area contributed by atoms with Gasteiger partial charge in [-0.25, -0.2) is 4.98 Å². The molecule has 0 bridgehead atoms. The summed E-state index contributed by atoms with van der Waals surface area (Å²) in [4.78, 5) is 8.86. The van der Waals surface area contributed by atoms with Crippen molar-refractivity contribution in [3.63, 3.8) is 0 Å². The number of aryl methyl sites for hydroxylation is 1. The van der Waals surface area contributed by atoms with Gasteiger partial charge in [0.25, 0.3) is 0 Å². The summed E-state index contributed by atoms with van der Waals surface area (Å²) >= 11 is 0. The zero-order valence-corrected chi connectivity index (χ0v) is 14.0. The SMILES string of the molecule is NNc1cc(-c2cn(CC3CCCc4ccccc43)cn2)ncc1N. The van der Waals surface area contributed by atoms with Gasteiger partial charge in [0.05, 0.1) is 29.6 Å². The molecule has 1 aliphatic rings. The largest absolute Gasteiger partial charge is 0.396 e. The van der Waals surface area contributed by atoms with Gasteiger partial charge in [-0.1, -0.05) is 24.3 Å². The highest BCUT2D eigenvalue weighted by atomic mass is 15.2. The van der Waals surface area contributed by atoms with Crippen molar-refractivity contribution in [2.24, 2.45) is 5.84 Å². The molecule has 0 aliphatic heterocycles. The fourth-order valence-electron chi connectivity index (χ4n) is 3.62. The van der Waals surface area contributed by atoms with Gasteiger partial charge in [-0.2, -0.15) is 0 Å². The number of rotatable bonds is 4. The molecule has 6 heteroatoms. The molecular formula is C19H22N6. The van der Waals surface area contributed by atoms with E-state index in [0.717, 1.165) is 17.9 Å². The molecule has 0 amide bonds. The summed E-state index contributed by atoms with van der Waals surface area (Å²) < 4.78 is 2.15. The minimum absolute atomic E-state index is 0.518. The normalized spacial score (nSPS) is 16.4. The lowest BCUT2D eigenvalue weighted by Gasteiger charge is -2.25. The average Bonchev–Trinajstić information content (AvgIpc) is 3.11. The molecule has 0 radical (unpaired) electrons. The first-order chi connectivity index (χ1) is 12.2. The van der Waals surface area contributed by atoms with Gasteiger partial charge in [-0.3, -0.25) is 10.8 Å². The Morgan fingerprint density at radius 3 is 2.96 bits per heavy atom. The van der Waals surface area contributed by atoms with Crippen LogP contribution < -0.4 is 17.0 Å². The third-order valence-corrected chi connectivity index (χ3v) is 4.91. The quantitative estimate of drug-likeness (QED) is 0.504. The summed E-state index contributed by atoms with van der Waals surface area (Å²) in [5, 5.41) is 0. The van der Waals surface area contributed by atoms with Crippen molar-refractivity contribution in [3.05, 3.63) is 60.2 Å². The Balaban J connectivity index is 1.57. The second kappa shape index (κ2) is 6.57. The molecule has 3 aromatic rings. The van der Waals surface area contributed by atoms with E-state index in [9.17, 15) is 0 Å². The number of hydrogen-bond donors (Lipinski definition) is 3. The predicted octanol–water partition coefficient (Wildman–Crippen LogP) is 2.93. The van der Waals surface area contributed by atoms with Crippen LogP contribution >= 0.6 is 0 Å². The van der Waals surface area contributed by atoms with Crippen molar-refractivity contribution in [2.75, 3.05) is 11.2 Å². The molecule has 0 fully saturated rings. The Morgan fingerprint density at radius 2 is 2.08 bits per heavy atom. The number of hydrogen-bond acceptors (Lipinski definition) is 5. The van der Waals surface area contributed by atoms with Crippen molar-refractivity contribution >= 4 is 11.4 Å². The van der Waals surface area contributed by atoms with Crippen LogP contribution in [-0.4, -0.2) is 14.5 Å². The molecule has 128 valence electrons.